The van der Waals surface area contributed by atoms with E-state index in [-0.39, 0.29) is 12.1 Å². The zero-order valence-corrected chi connectivity index (χ0v) is 16.0. The van der Waals surface area contributed by atoms with Crippen LogP contribution in [0.3, 0.4) is 0 Å². The van der Waals surface area contributed by atoms with Gasteiger partial charge < -0.3 is 19.8 Å². The molecule has 0 spiro atoms. The molecule has 2 amide bonds. The second kappa shape index (κ2) is 9.87. The van der Waals surface area contributed by atoms with E-state index in [1.54, 1.807) is 6.26 Å². The number of furan rings is 1. The maximum absolute atomic E-state index is 12.3. The van der Waals surface area contributed by atoms with Gasteiger partial charge in [0.15, 0.2) is 0 Å². The Morgan fingerprint density at radius 3 is 2.73 bits per heavy atom. The molecule has 0 radical (unpaired) electrons. The molecule has 6 heteroatoms. The van der Waals surface area contributed by atoms with Crippen molar-refractivity contribution in [2.45, 2.75) is 32.7 Å². The lowest BCUT2D eigenvalue weighted by atomic mass is 10.2. The van der Waals surface area contributed by atoms with Gasteiger partial charge in [-0.05, 0) is 63.3 Å². The van der Waals surface area contributed by atoms with Crippen LogP contribution in [0.1, 0.15) is 37.1 Å². The molecule has 1 heterocycles. The average Bonchev–Trinajstić information content (AvgIpc) is 3.11. The van der Waals surface area contributed by atoms with Gasteiger partial charge in [0.2, 0.25) is 0 Å². The van der Waals surface area contributed by atoms with Gasteiger partial charge in [0, 0.05) is 12.2 Å². The number of carbonyl (C=O) groups is 1. The van der Waals surface area contributed by atoms with E-state index in [0.29, 0.717) is 13.2 Å². The molecule has 0 fully saturated rings. The first-order chi connectivity index (χ1) is 12.5. The number of aryl methyl sites for hydroxylation is 1. The largest absolute Gasteiger partial charge is 0.494 e. The van der Waals surface area contributed by atoms with Crippen LogP contribution in [0.15, 0.2) is 41.0 Å². The molecule has 0 saturated heterocycles. The predicted molar refractivity (Wildman–Crippen MR) is 104 cm³/mol. The number of nitrogens with one attached hydrogen (secondary N) is 2. The van der Waals surface area contributed by atoms with Gasteiger partial charge in [-0.3, -0.25) is 4.90 Å². The molecule has 0 saturated carbocycles. The van der Waals surface area contributed by atoms with E-state index in [2.05, 4.69) is 17.6 Å². The number of hydrogen-bond acceptors (Lipinski definition) is 4. The lowest BCUT2D eigenvalue weighted by Crippen LogP contribution is -2.36. The third kappa shape index (κ3) is 5.81. The van der Waals surface area contributed by atoms with Crippen molar-refractivity contribution in [1.82, 2.24) is 10.2 Å². The summed E-state index contributed by atoms with van der Waals surface area (Å²) < 4.78 is 11.1. The van der Waals surface area contributed by atoms with Crippen molar-refractivity contribution in [1.29, 1.82) is 0 Å². The van der Waals surface area contributed by atoms with Gasteiger partial charge in [0.1, 0.15) is 11.5 Å². The van der Waals surface area contributed by atoms with E-state index in [4.69, 9.17) is 9.15 Å². The molecule has 0 aliphatic heterocycles. The molecule has 2 rings (SSSR count). The Hall–Kier alpha value is -2.47. The number of benzene rings is 1. The maximum Gasteiger partial charge on any atom is 0.319 e. The number of urea groups is 1. The summed E-state index contributed by atoms with van der Waals surface area (Å²) in [5.74, 6) is 1.65. The summed E-state index contributed by atoms with van der Waals surface area (Å²) in [6.07, 6.45) is 3.77. The minimum absolute atomic E-state index is 0.0220. The molecule has 0 aliphatic carbocycles. The molecule has 142 valence electrons. The van der Waals surface area contributed by atoms with Crippen molar-refractivity contribution >= 4 is 11.7 Å². The maximum atomic E-state index is 12.3. The van der Waals surface area contributed by atoms with Gasteiger partial charge in [-0.1, -0.05) is 13.3 Å². The highest BCUT2D eigenvalue weighted by Crippen LogP contribution is 2.22. The molecule has 1 atom stereocenters. The first kappa shape index (κ1) is 19.8. The molecular weight excluding hydrogens is 330 g/mol. The standard InChI is InChI=1S/C20H29N3O3/c1-5-6-11-25-16-9-10-17(15(2)13-16)22-20(24)21-14-18(23(3)4)19-8-7-12-26-19/h7-10,12-13,18H,5-6,11,14H2,1-4H3,(H2,21,22,24). The molecule has 1 unspecified atom stereocenters. The summed E-state index contributed by atoms with van der Waals surface area (Å²) in [5, 5.41) is 5.79. The molecule has 2 N–H and O–H groups in total. The Kier molecular flexibility index (Phi) is 7.53. The fraction of sp³-hybridized carbons (Fsp3) is 0.450. The number of hydrogen-bond donors (Lipinski definition) is 2. The highest BCUT2D eigenvalue weighted by molar-refractivity contribution is 5.90. The number of rotatable bonds is 9. The number of likely N-dealkylation sites (N-methyl/N-ethyl adjacent to an activating group) is 1. The minimum Gasteiger partial charge on any atom is -0.494 e. The van der Waals surface area contributed by atoms with Crippen LogP contribution in [0.4, 0.5) is 10.5 Å². The molecule has 2 aromatic rings. The zero-order valence-electron chi connectivity index (χ0n) is 16.0. The Balaban J connectivity index is 1.88. The van der Waals surface area contributed by atoms with Crippen LogP contribution in [0, 0.1) is 6.92 Å². The van der Waals surface area contributed by atoms with Gasteiger partial charge in [0.25, 0.3) is 0 Å². The smallest absolute Gasteiger partial charge is 0.319 e. The van der Waals surface area contributed by atoms with Gasteiger partial charge in [0.05, 0.1) is 18.9 Å². The van der Waals surface area contributed by atoms with Crippen LogP contribution in [0.25, 0.3) is 0 Å². The SMILES string of the molecule is CCCCOc1ccc(NC(=O)NCC(c2ccco2)N(C)C)c(C)c1. The molecule has 1 aromatic heterocycles. The highest BCUT2D eigenvalue weighted by atomic mass is 16.5. The predicted octanol–water partition coefficient (Wildman–Crippen LogP) is 4.19. The Labute approximate surface area is 155 Å². The summed E-state index contributed by atoms with van der Waals surface area (Å²) in [6.45, 7) is 5.24. The Bertz CT molecular complexity index is 684. The minimum atomic E-state index is -0.244. The average molecular weight is 359 g/mol. The van der Waals surface area contributed by atoms with E-state index < -0.39 is 0 Å². The number of nitrogens with zero attached hydrogens (tertiary/aromatic N) is 1. The number of carbonyl (C=O) groups excluding carboxylic acids is 1. The molecule has 26 heavy (non-hydrogen) atoms. The zero-order chi connectivity index (χ0) is 18.9. The second-order valence-electron chi connectivity index (χ2n) is 6.51. The van der Waals surface area contributed by atoms with Crippen LogP contribution in [-0.2, 0) is 0 Å². The monoisotopic (exact) mass is 359 g/mol. The molecule has 0 bridgehead atoms. The van der Waals surface area contributed by atoms with Gasteiger partial charge >= 0.3 is 6.03 Å². The summed E-state index contributed by atoms with van der Waals surface area (Å²) in [5.41, 5.74) is 1.73. The summed E-state index contributed by atoms with van der Waals surface area (Å²) in [6, 6.07) is 9.18. The lowest BCUT2D eigenvalue weighted by molar-refractivity contribution is 0.233. The van der Waals surface area contributed by atoms with Crippen molar-refractivity contribution in [2.75, 3.05) is 32.6 Å². The van der Waals surface area contributed by atoms with Crippen molar-refractivity contribution in [3.8, 4) is 5.75 Å². The second-order valence-corrected chi connectivity index (χ2v) is 6.51. The number of anilines is 1. The van der Waals surface area contributed by atoms with Crippen LogP contribution in [-0.4, -0.2) is 38.2 Å². The lowest BCUT2D eigenvalue weighted by Gasteiger charge is -2.22. The van der Waals surface area contributed by atoms with Crippen LogP contribution < -0.4 is 15.4 Å². The van der Waals surface area contributed by atoms with Crippen molar-refractivity contribution in [2.24, 2.45) is 0 Å². The summed E-state index contributed by atoms with van der Waals surface area (Å²) in [7, 11) is 3.91. The highest BCUT2D eigenvalue weighted by Gasteiger charge is 2.18. The van der Waals surface area contributed by atoms with Crippen molar-refractivity contribution in [3.05, 3.63) is 47.9 Å². The quantitative estimate of drug-likeness (QED) is 0.659. The third-order valence-corrected chi connectivity index (χ3v) is 4.16. The van der Waals surface area contributed by atoms with Crippen molar-refractivity contribution in [3.63, 3.8) is 0 Å². The van der Waals surface area contributed by atoms with Crippen LogP contribution in [0.2, 0.25) is 0 Å². The molecule has 6 nitrogen and oxygen atoms in total. The number of ether oxygens (including phenoxy) is 1. The fourth-order valence-electron chi connectivity index (χ4n) is 2.57. The van der Waals surface area contributed by atoms with Gasteiger partial charge in [-0.2, -0.15) is 0 Å². The summed E-state index contributed by atoms with van der Waals surface area (Å²) >= 11 is 0. The van der Waals surface area contributed by atoms with Crippen LogP contribution >= 0.6 is 0 Å². The number of amides is 2. The first-order valence-electron chi connectivity index (χ1n) is 8.99. The van der Waals surface area contributed by atoms with E-state index in [1.165, 1.54) is 0 Å². The first-order valence-corrected chi connectivity index (χ1v) is 8.99. The van der Waals surface area contributed by atoms with E-state index >= 15 is 0 Å². The molecular formula is C20H29N3O3. The Morgan fingerprint density at radius 2 is 2.12 bits per heavy atom. The van der Waals surface area contributed by atoms with Crippen molar-refractivity contribution < 1.29 is 13.9 Å². The topological polar surface area (TPSA) is 66.7 Å². The van der Waals surface area contributed by atoms with Gasteiger partial charge in [-0.25, -0.2) is 4.79 Å². The third-order valence-electron chi connectivity index (χ3n) is 4.16. The summed E-state index contributed by atoms with van der Waals surface area (Å²) in [4.78, 5) is 14.3. The van der Waals surface area contributed by atoms with E-state index in [0.717, 1.165) is 35.6 Å². The van der Waals surface area contributed by atoms with Crippen LogP contribution in [0.5, 0.6) is 5.75 Å². The number of unbranched alkanes of at least 4 members (excludes halogenated alkanes) is 1. The molecule has 0 aliphatic rings. The fourth-order valence-corrected chi connectivity index (χ4v) is 2.57. The Morgan fingerprint density at radius 1 is 1.31 bits per heavy atom. The normalized spacial score (nSPS) is 12.0. The van der Waals surface area contributed by atoms with E-state index in [1.807, 2.05) is 56.3 Å². The van der Waals surface area contributed by atoms with Gasteiger partial charge in [-0.15, -0.1) is 0 Å². The molecule has 1 aromatic carbocycles. The van der Waals surface area contributed by atoms with E-state index in [9.17, 15) is 4.79 Å².